The quantitative estimate of drug-likeness (QED) is 0.942. The molecule has 2 N–H and O–H groups in total. The molecule has 1 aliphatic rings. The first-order valence-corrected chi connectivity index (χ1v) is 8.01. The third-order valence-corrected chi connectivity index (χ3v) is 4.40. The van der Waals surface area contributed by atoms with E-state index >= 15 is 0 Å². The molecule has 1 unspecified atom stereocenters. The minimum Gasteiger partial charge on any atom is -0.351 e. The van der Waals surface area contributed by atoms with Gasteiger partial charge < -0.3 is 10.6 Å². The standard InChI is InChI=1S/C16H25N5/c1-12(2)14-10-15-16(18-7-9-21(15)19-14)20-8-5-3-4-6-13(20)11-17/h7,9-10,12-13H,3-6,8,11,17H2,1-2H3. The number of nitrogens with zero attached hydrogens (tertiary/aromatic N) is 4. The summed E-state index contributed by atoms with van der Waals surface area (Å²) in [5.74, 6) is 1.46. The Labute approximate surface area is 126 Å². The normalized spacial score (nSPS) is 20.2. The van der Waals surface area contributed by atoms with Crippen LogP contribution < -0.4 is 10.6 Å². The second-order valence-corrected chi connectivity index (χ2v) is 6.24. The molecule has 2 aromatic heterocycles. The van der Waals surface area contributed by atoms with E-state index in [0.717, 1.165) is 30.0 Å². The van der Waals surface area contributed by atoms with Gasteiger partial charge in [-0.1, -0.05) is 26.7 Å². The molecule has 1 atom stereocenters. The Kier molecular flexibility index (Phi) is 4.10. The Balaban J connectivity index is 2.05. The van der Waals surface area contributed by atoms with Crippen LogP contribution >= 0.6 is 0 Å². The number of anilines is 1. The molecule has 0 radical (unpaired) electrons. The van der Waals surface area contributed by atoms with Crippen LogP contribution in [-0.4, -0.2) is 33.7 Å². The van der Waals surface area contributed by atoms with Gasteiger partial charge in [-0.2, -0.15) is 5.10 Å². The fourth-order valence-corrected chi connectivity index (χ4v) is 3.13. The van der Waals surface area contributed by atoms with E-state index in [2.05, 4.69) is 34.9 Å². The minimum atomic E-state index is 0.392. The number of hydrogen-bond acceptors (Lipinski definition) is 4. The van der Waals surface area contributed by atoms with Gasteiger partial charge in [0.25, 0.3) is 0 Å². The van der Waals surface area contributed by atoms with Crippen molar-refractivity contribution in [2.24, 2.45) is 5.73 Å². The Hall–Kier alpha value is -1.62. The van der Waals surface area contributed by atoms with Gasteiger partial charge >= 0.3 is 0 Å². The van der Waals surface area contributed by atoms with E-state index in [-0.39, 0.29) is 0 Å². The fraction of sp³-hybridized carbons (Fsp3) is 0.625. The first kappa shape index (κ1) is 14.3. The summed E-state index contributed by atoms with van der Waals surface area (Å²) < 4.78 is 1.95. The third kappa shape index (κ3) is 2.75. The Morgan fingerprint density at radius 3 is 2.95 bits per heavy atom. The molecule has 5 nitrogen and oxygen atoms in total. The van der Waals surface area contributed by atoms with Crippen molar-refractivity contribution < 1.29 is 0 Å². The lowest BCUT2D eigenvalue weighted by atomic mass is 10.1. The van der Waals surface area contributed by atoms with E-state index in [9.17, 15) is 0 Å². The van der Waals surface area contributed by atoms with E-state index in [1.165, 1.54) is 19.3 Å². The zero-order valence-corrected chi connectivity index (χ0v) is 13.0. The van der Waals surface area contributed by atoms with Crippen molar-refractivity contribution in [2.75, 3.05) is 18.0 Å². The molecule has 2 aromatic rings. The van der Waals surface area contributed by atoms with E-state index in [4.69, 9.17) is 5.73 Å². The molecule has 3 heterocycles. The predicted octanol–water partition coefficient (Wildman–Crippen LogP) is 2.56. The number of aromatic nitrogens is 3. The van der Waals surface area contributed by atoms with Gasteiger partial charge in [0.15, 0.2) is 5.82 Å². The van der Waals surface area contributed by atoms with Crippen LogP contribution in [0.2, 0.25) is 0 Å². The molecule has 1 aliphatic heterocycles. The molecule has 3 rings (SSSR count). The molecule has 0 saturated carbocycles. The molecule has 5 heteroatoms. The van der Waals surface area contributed by atoms with Gasteiger partial charge in [0.05, 0.1) is 5.69 Å². The highest BCUT2D eigenvalue weighted by Crippen LogP contribution is 2.27. The molecule has 0 bridgehead atoms. The molecule has 0 aliphatic carbocycles. The van der Waals surface area contributed by atoms with Crippen LogP contribution in [0, 0.1) is 0 Å². The summed E-state index contributed by atoms with van der Waals surface area (Å²) in [6, 6.07) is 2.56. The second-order valence-electron chi connectivity index (χ2n) is 6.24. The number of rotatable bonds is 3. The van der Waals surface area contributed by atoms with Gasteiger partial charge in [0.1, 0.15) is 5.52 Å². The molecule has 114 valence electrons. The number of fused-ring (bicyclic) bond motifs is 1. The summed E-state index contributed by atoms with van der Waals surface area (Å²) in [4.78, 5) is 7.05. The van der Waals surface area contributed by atoms with Gasteiger partial charge in [-0.15, -0.1) is 0 Å². The first-order chi connectivity index (χ1) is 10.2. The van der Waals surface area contributed by atoms with Crippen LogP contribution in [-0.2, 0) is 0 Å². The Morgan fingerprint density at radius 1 is 1.33 bits per heavy atom. The maximum atomic E-state index is 6.01. The summed E-state index contributed by atoms with van der Waals surface area (Å²) in [5, 5.41) is 4.66. The van der Waals surface area contributed by atoms with Crippen molar-refractivity contribution >= 4 is 11.3 Å². The van der Waals surface area contributed by atoms with Gasteiger partial charge in [-0.05, 0) is 24.8 Å². The number of nitrogens with two attached hydrogens (primary N) is 1. The number of hydrogen-bond donors (Lipinski definition) is 1. The topological polar surface area (TPSA) is 59.5 Å². The first-order valence-electron chi connectivity index (χ1n) is 8.01. The summed E-state index contributed by atoms with van der Waals surface area (Å²) in [6.45, 7) is 6.07. The smallest absolute Gasteiger partial charge is 0.154 e. The Morgan fingerprint density at radius 2 is 2.19 bits per heavy atom. The molecular formula is C16H25N5. The van der Waals surface area contributed by atoms with Gasteiger partial charge in [0.2, 0.25) is 0 Å². The lowest BCUT2D eigenvalue weighted by molar-refractivity contribution is 0.576. The lowest BCUT2D eigenvalue weighted by Gasteiger charge is -2.30. The van der Waals surface area contributed by atoms with Gasteiger partial charge in [-0.3, -0.25) is 0 Å². The van der Waals surface area contributed by atoms with Gasteiger partial charge in [-0.25, -0.2) is 9.50 Å². The molecule has 0 amide bonds. The van der Waals surface area contributed by atoms with Crippen LogP contribution in [0.3, 0.4) is 0 Å². The van der Waals surface area contributed by atoms with Crippen molar-refractivity contribution in [3.05, 3.63) is 24.2 Å². The zero-order chi connectivity index (χ0) is 14.8. The zero-order valence-electron chi connectivity index (χ0n) is 13.0. The van der Waals surface area contributed by atoms with Gasteiger partial charge in [0, 0.05) is 31.5 Å². The average molecular weight is 287 g/mol. The monoisotopic (exact) mass is 287 g/mol. The highest BCUT2D eigenvalue weighted by Gasteiger charge is 2.23. The summed E-state index contributed by atoms with van der Waals surface area (Å²) in [5.41, 5.74) is 8.22. The van der Waals surface area contributed by atoms with Crippen LogP contribution in [0.25, 0.3) is 5.52 Å². The average Bonchev–Trinajstić information content (AvgIpc) is 2.79. The molecule has 0 aromatic carbocycles. The lowest BCUT2D eigenvalue weighted by Crippen LogP contribution is -2.41. The van der Waals surface area contributed by atoms with Crippen LogP contribution in [0.5, 0.6) is 0 Å². The summed E-state index contributed by atoms with van der Waals surface area (Å²) in [7, 11) is 0. The van der Waals surface area contributed by atoms with Crippen LogP contribution in [0.1, 0.15) is 51.1 Å². The predicted molar refractivity (Wildman–Crippen MR) is 85.7 cm³/mol. The SMILES string of the molecule is CC(C)c1cc2c(N3CCCCCC3CN)nccn2n1. The molecule has 1 saturated heterocycles. The van der Waals surface area contributed by atoms with Crippen LogP contribution in [0.15, 0.2) is 18.5 Å². The van der Waals surface area contributed by atoms with Crippen molar-refractivity contribution in [3.8, 4) is 0 Å². The second kappa shape index (κ2) is 6.02. The van der Waals surface area contributed by atoms with E-state index in [1.54, 1.807) is 0 Å². The van der Waals surface area contributed by atoms with Crippen LogP contribution in [0.4, 0.5) is 5.82 Å². The largest absolute Gasteiger partial charge is 0.351 e. The van der Waals surface area contributed by atoms with Crippen molar-refractivity contribution in [1.82, 2.24) is 14.6 Å². The summed E-state index contributed by atoms with van der Waals surface area (Å²) >= 11 is 0. The third-order valence-electron chi connectivity index (χ3n) is 4.40. The van der Waals surface area contributed by atoms with Crippen molar-refractivity contribution in [2.45, 2.75) is 51.5 Å². The van der Waals surface area contributed by atoms with E-state index < -0.39 is 0 Å². The van der Waals surface area contributed by atoms with Crippen molar-refractivity contribution in [3.63, 3.8) is 0 Å². The molecule has 0 spiro atoms. The fourth-order valence-electron chi connectivity index (χ4n) is 3.13. The summed E-state index contributed by atoms with van der Waals surface area (Å²) in [6.07, 6.45) is 8.69. The van der Waals surface area contributed by atoms with E-state index in [0.29, 0.717) is 18.5 Å². The minimum absolute atomic E-state index is 0.392. The van der Waals surface area contributed by atoms with Crippen molar-refractivity contribution in [1.29, 1.82) is 0 Å². The Bertz CT molecular complexity index is 604. The highest BCUT2D eigenvalue weighted by atomic mass is 15.3. The molecule has 21 heavy (non-hydrogen) atoms. The maximum Gasteiger partial charge on any atom is 0.154 e. The van der Waals surface area contributed by atoms with E-state index in [1.807, 2.05) is 16.9 Å². The molecular weight excluding hydrogens is 262 g/mol. The molecule has 1 fully saturated rings. The highest BCUT2D eigenvalue weighted by molar-refractivity contribution is 5.69. The maximum absolute atomic E-state index is 6.01.